The van der Waals surface area contributed by atoms with Gasteiger partial charge in [-0.3, -0.25) is 0 Å². The third kappa shape index (κ3) is 6.12. The van der Waals surface area contributed by atoms with Crippen LogP contribution in [0.15, 0.2) is 30.3 Å². The zero-order chi connectivity index (χ0) is 13.1. The van der Waals surface area contributed by atoms with Crippen molar-refractivity contribution in [2.75, 3.05) is 40.1 Å². The third-order valence-corrected chi connectivity index (χ3v) is 2.66. The summed E-state index contributed by atoms with van der Waals surface area (Å²) in [7, 11) is 1.69. The molecular weight excluding hydrogens is 230 g/mol. The van der Waals surface area contributed by atoms with Gasteiger partial charge in [-0.15, -0.1) is 0 Å². The van der Waals surface area contributed by atoms with Crippen LogP contribution in [0, 0.1) is 0 Å². The highest BCUT2D eigenvalue weighted by molar-refractivity contribution is 5.18. The van der Waals surface area contributed by atoms with E-state index in [0.717, 1.165) is 25.1 Å². The van der Waals surface area contributed by atoms with Crippen molar-refractivity contribution in [3.05, 3.63) is 35.9 Å². The molecule has 0 amide bonds. The van der Waals surface area contributed by atoms with Crippen LogP contribution in [0.5, 0.6) is 0 Å². The molecule has 1 unspecified atom stereocenters. The van der Waals surface area contributed by atoms with Gasteiger partial charge in [0.05, 0.1) is 19.3 Å². The van der Waals surface area contributed by atoms with Crippen molar-refractivity contribution >= 4 is 0 Å². The zero-order valence-corrected chi connectivity index (χ0v) is 11.0. The smallest absolute Gasteiger partial charge is 0.0626 e. The lowest BCUT2D eigenvalue weighted by molar-refractivity contribution is 0.101. The van der Waals surface area contributed by atoms with Crippen LogP contribution in [-0.4, -0.2) is 45.2 Å². The van der Waals surface area contributed by atoms with Gasteiger partial charge in [-0.2, -0.15) is 0 Å². The number of benzene rings is 1. The summed E-state index contributed by atoms with van der Waals surface area (Å²) in [5.74, 6) is 0. The van der Waals surface area contributed by atoms with Gasteiger partial charge in [0.25, 0.3) is 0 Å². The highest BCUT2D eigenvalue weighted by Crippen LogP contribution is 2.10. The molecule has 1 atom stereocenters. The van der Waals surface area contributed by atoms with E-state index in [1.165, 1.54) is 0 Å². The summed E-state index contributed by atoms with van der Waals surface area (Å²) in [6.45, 7) is 2.91. The van der Waals surface area contributed by atoms with E-state index < -0.39 is 0 Å². The molecule has 0 bridgehead atoms. The van der Waals surface area contributed by atoms with Crippen LogP contribution in [0.4, 0.5) is 0 Å². The van der Waals surface area contributed by atoms with E-state index in [-0.39, 0.29) is 12.6 Å². The largest absolute Gasteiger partial charge is 0.394 e. The van der Waals surface area contributed by atoms with Crippen molar-refractivity contribution < 1.29 is 14.6 Å². The SMILES string of the molecule is COCCCOCCNC(CO)c1ccccc1. The van der Waals surface area contributed by atoms with Crippen LogP contribution in [0.25, 0.3) is 0 Å². The topological polar surface area (TPSA) is 50.7 Å². The Labute approximate surface area is 109 Å². The van der Waals surface area contributed by atoms with Gasteiger partial charge in [0.15, 0.2) is 0 Å². The molecule has 1 rings (SSSR count). The highest BCUT2D eigenvalue weighted by atomic mass is 16.5. The molecule has 1 aromatic carbocycles. The zero-order valence-electron chi connectivity index (χ0n) is 11.0. The lowest BCUT2D eigenvalue weighted by atomic mass is 10.1. The minimum Gasteiger partial charge on any atom is -0.394 e. The van der Waals surface area contributed by atoms with Crippen LogP contribution in [0.2, 0.25) is 0 Å². The first kappa shape index (κ1) is 15.1. The average Bonchev–Trinajstić information content (AvgIpc) is 2.43. The van der Waals surface area contributed by atoms with Crippen LogP contribution in [-0.2, 0) is 9.47 Å². The Balaban J connectivity index is 2.13. The van der Waals surface area contributed by atoms with Gasteiger partial charge in [-0.1, -0.05) is 30.3 Å². The minimum atomic E-state index is -0.0197. The van der Waals surface area contributed by atoms with Gasteiger partial charge in [-0.25, -0.2) is 0 Å². The summed E-state index contributed by atoms with van der Waals surface area (Å²) in [6, 6.07) is 9.91. The number of ether oxygens (including phenoxy) is 2. The first-order valence-electron chi connectivity index (χ1n) is 6.34. The van der Waals surface area contributed by atoms with Gasteiger partial charge < -0.3 is 19.9 Å². The van der Waals surface area contributed by atoms with Crippen molar-refractivity contribution in [1.29, 1.82) is 0 Å². The summed E-state index contributed by atoms with van der Waals surface area (Å²) in [5, 5.41) is 12.6. The van der Waals surface area contributed by atoms with Crippen molar-refractivity contribution in [3.63, 3.8) is 0 Å². The fourth-order valence-corrected chi connectivity index (χ4v) is 1.69. The Morgan fingerprint density at radius 2 is 1.94 bits per heavy atom. The number of nitrogens with one attached hydrogen (secondary N) is 1. The maximum atomic E-state index is 9.33. The molecule has 102 valence electrons. The summed E-state index contributed by atoms with van der Waals surface area (Å²) in [5.41, 5.74) is 1.10. The fourth-order valence-electron chi connectivity index (χ4n) is 1.69. The molecule has 0 aliphatic heterocycles. The van der Waals surface area contributed by atoms with Crippen LogP contribution in [0.3, 0.4) is 0 Å². The normalized spacial score (nSPS) is 12.6. The number of aliphatic hydroxyl groups excluding tert-OH is 1. The quantitative estimate of drug-likeness (QED) is 0.618. The molecule has 0 spiro atoms. The van der Waals surface area contributed by atoms with E-state index in [9.17, 15) is 5.11 Å². The van der Waals surface area contributed by atoms with E-state index in [4.69, 9.17) is 9.47 Å². The van der Waals surface area contributed by atoms with Crippen LogP contribution in [0.1, 0.15) is 18.0 Å². The molecule has 0 fully saturated rings. The van der Waals surface area contributed by atoms with Crippen LogP contribution < -0.4 is 5.32 Å². The van der Waals surface area contributed by atoms with E-state index in [0.29, 0.717) is 13.2 Å². The molecule has 0 saturated heterocycles. The van der Waals surface area contributed by atoms with Crippen molar-refractivity contribution in [2.45, 2.75) is 12.5 Å². The maximum Gasteiger partial charge on any atom is 0.0626 e. The summed E-state index contributed by atoms with van der Waals surface area (Å²) < 4.78 is 10.4. The van der Waals surface area contributed by atoms with Gasteiger partial charge in [0.1, 0.15) is 0 Å². The van der Waals surface area contributed by atoms with Crippen molar-refractivity contribution in [2.24, 2.45) is 0 Å². The highest BCUT2D eigenvalue weighted by Gasteiger charge is 2.07. The lowest BCUT2D eigenvalue weighted by Gasteiger charge is -2.16. The van der Waals surface area contributed by atoms with E-state index in [1.54, 1.807) is 7.11 Å². The molecule has 0 saturated carbocycles. The molecule has 18 heavy (non-hydrogen) atoms. The fraction of sp³-hybridized carbons (Fsp3) is 0.571. The summed E-state index contributed by atoms with van der Waals surface area (Å²) in [6.07, 6.45) is 0.915. The summed E-state index contributed by atoms with van der Waals surface area (Å²) >= 11 is 0. The molecule has 4 nitrogen and oxygen atoms in total. The Kier molecular flexibility index (Phi) is 8.42. The molecule has 0 heterocycles. The third-order valence-electron chi connectivity index (χ3n) is 2.66. The van der Waals surface area contributed by atoms with Gasteiger partial charge >= 0.3 is 0 Å². The molecule has 0 aliphatic carbocycles. The predicted molar refractivity (Wildman–Crippen MR) is 71.6 cm³/mol. The number of rotatable bonds is 10. The molecule has 0 radical (unpaired) electrons. The first-order chi connectivity index (χ1) is 8.88. The monoisotopic (exact) mass is 253 g/mol. The number of aliphatic hydroxyl groups is 1. The maximum absolute atomic E-state index is 9.33. The molecule has 0 aliphatic rings. The van der Waals surface area contributed by atoms with Gasteiger partial charge in [0.2, 0.25) is 0 Å². The predicted octanol–water partition coefficient (Wildman–Crippen LogP) is 1.36. The minimum absolute atomic E-state index is 0.0197. The van der Waals surface area contributed by atoms with Gasteiger partial charge in [0, 0.05) is 26.9 Å². The van der Waals surface area contributed by atoms with Gasteiger partial charge in [-0.05, 0) is 12.0 Å². The van der Waals surface area contributed by atoms with Crippen molar-refractivity contribution in [1.82, 2.24) is 5.32 Å². The van der Waals surface area contributed by atoms with E-state index in [2.05, 4.69) is 5.32 Å². The number of hydrogen-bond donors (Lipinski definition) is 2. The second-order valence-electron chi connectivity index (χ2n) is 4.06. The summed E-state index contributed by atoms with van der Waals surface area (Å²) in [4.78, 5) is 0. The Bertz CT molecular complexity index is 292. The second-order valence-corrected chi connectivity index (χ2v) is 4.06. The average molecular weight is 253 g/mol. The Morgan fingerprint density at radius 3 is 2.61 bits per heavy atom. The first-order valence-corrected chi connectivity index (χ1v) is 6.34. The molecule has 1 aromatic rings. The number of hydrogen-bond acceptors (Lipinski definition) is 4. The molecule has 0 aromatic heterocycles. The van der Waals surface area contributed by atoms with E-state index >= 15 is 0 Å². The van der Waals surface area contributed by atoms with Crippen LogP contribution >= 0.6 is 0 Å². The standard InChI is InChI=1S/C14H23NO3/c1-17-9-5-10-18-11-8-15-14(12-16)13-6-3-2-4-7-13/h2-4,6-7,14-16H,5,8-12H2,1H3. The Hall–Kier alpha value is -0.940. The van der Waals surface area contributed by atoms with Crippen molar-refractivity contribution in [3.8, 4) is 0 Å². The Morgan fingerprint density at radius 1 is 1.17 bits per heavy atom. The lowest BCUT2D eigenvalue weighted by Crippen LogP contribution is -2.28. The second kappa shape index (κ2) is 10.0. The molecule has 4 heteroatoms. The van der Waals surface area contributed by atoms with E-state index in [1.807, 2.05) is 30.3 Å². The molecular formula is C14H23NO3. The molecule has 2 N–H and O–H groups in total. The number of methoxy groups -OCH3 is 1.